The number of aromatic hydroxyl groups is 1. The fourth-order valence-corrected chi connectivity index (χ4v) is 3.64. The Kier molecular flexibility index (Phi) is 6.71. The smallest absolute Gasteiger partial charge is 0.435 e. The highest BCUT2D eigenvalue weighted by Gasteiger charge is 2.38. The van der Waals surface area contributed by atoms with E-state index in [-0.39, 0.29) is 35.1 Å². The predicted molar refractivity (Wildman–Crippen MR) is 119 cm³/mol. The van der Waals surface area contributed by atoms with Gasteiger partial charge < -0.3 is 15.2 Å². The van der Waals surface area contributed by atoms with Gasteiger partial charge in [0.25, 0.3) is 18.2 Å². The van der Waals surface area contributed by atoms with Crippen LogP contribution in [0.15, 0.2) is 36.9 Å². The highest BCUT2D eigenvalue weighted by Crippen LogP contribution is 2.37. The summed E-state index contributed by atoms with van der Waals surface area (Å²) in [5.74, 6) is 1.18. The normalized spacial score (nSPS) is 11.6. The zero-order chi connectivity index (χ0) is 26.9. The molecule has 0 saturated carbocycles. The first-order valence-corrected chi connectivity index (χ1v) is 10.5. The van der Waals surface area contributed by atoms with Crippen molar-refractivity contribution >= 4 is 11.6 Å². The maximum Gasteiger partial charge on any atom is 0.435 e. The van der Waals surface area contributed by atoms with Crippen LogP contribution in [0.2, 0.25) is 0 Å². The van der Waals surface area contributed by atoms with Crippen molar-refractivity contribution in [2.45, 2.75) is 26.1 Å². The second-order valence-corrected chi connectivity index (χ2v) is 7.69. The Morgan fingerprint density at radius 2 is 2.05 bits per heavy atom. The molecule has 0 fully saturated rings. The molecule has 4 aromatic rings. The van der Waals surface area contributed by atoms with Crippen LogP contribution in [-0.2, 0) is 12.7 Å². The number of imidazole rings is 1. The molecule has 37 heavy (non-hydrogen) atoms. The lowest BCUT2D eigenvalue weighted by atomic mass is 10.1. The summed E-state index contributed by atoms with van der Waals surface area (Å²) < 4.78 is 73.8. The number of amides is 1. The molecule has 0 radical (unpaired) electrons. The lowest BCUT2D eigenvalue weighted by Crippen LogP contribution is -2.24. The maximum absolute atomic E-state index is 13.6. The number of phenols is 1. The number of terminal acetylenes is 1. The number of nitrogens with one attached hydrogen (secondary N) is 1. The molecule has 0 atom stereocenters. The van der Waals surface area contributed by atoms with E-state index in [0.717, 1.165) is 18.5 Å². The van der Waals surface area contributed by atoms with E-state index in [4.69, 9.17) is 11.2 Å². The Bertz CT molecular complexity index is 1500. The van der Waals surface area contributed by atoms with Crippen LogP contribution in [0.4, 0.5) is 22.0 Å². The summed E-state index contributed by atoms with van der Waals surface area (Å²) in [6, 6.07) is 2.60. The number of alkyl halides is 5. The van der Waals surface area contributed by atoms with Crippen molar-refractivity contribution < 1.29 is 36.6 Å². The average molecular weight is 520 g/mol. The van der Waals surface area contributed by atoms with E-state index in [2.05, 4.69) is 26.3 Å². The molecule has 0 aliphatic rings. The molecule has 1 aromatic carbocycles. The quantitative estimate of drug-likeness (QED) is 0.281. The number of aryl methyl sites for hydroxylation is 1. The number of halogens is 5. The molecule has 0 aliphatic heterocycles. The number of hydrogen-bond acceptors (Lipinski definition) is 6. The van der Waals surface area contributed by atoms with Gasteiger partial charge in [0, 0.05) is 24.7 Å². The summed E-state index contributed by atoms with van der Waals surface area (Å²) in [5.41, 5.74) is -1.57. The van der Waals surface area contributed by atoms with Crippen LogP contribution in [-0.4, -0.2) is 48.1 Å². The number of carbonyl (C=O) groups is 1. The maximum atomic E-state index is 13.6. The summed E-state index contributed by atoms with van der Waals surface area (Å²) in [4.78, 5) is 20.4. The van der Waals surface area contributed by atoms with Crippen LogP contribution in [0.3, 0.4) is 0 Å². The third-order valence-electron chi connectivity index (χ3n) is 5.11. The number of phenolic OH excluding ortho intramolecular Hbond substituents is 1. The monoisotopic (exact) mass is 520 g/mol. The van der Waals surface area contributed by atoms with Gasteiger partial charge in [-0.3, -0.25) is 13.9 Å². The van der Waals surface area contributed by atoms with Gasteiger partial charge in [0.15, 0.2) is 5.69 Å². The summed E-state index contributed by atoms with van der Waals surface area (Å²) in [6.45, 7) is 0.491. The van der Waals surface area contributed by atoms with Gasteiger partial charge >= 0.3 is 6.18 Å². The zero-order valence-corrected chi connectivity index (χ0v) is 18.9. The molecule has 3 aromatic heterocycles. The van der Waals surface area contributed by atoms with Crippen molar-refractivity contribution in [3.05, 3.63) is 53.7 Å². The highest BCUT2D eigenvalue weighted by molar-refractivity contribution is 5.98. The van der Waals surface area contributed by atoms with Crippen molar-refractivity contribution in [3.63, 3.8) is 0 Å². The van der Waals surface area contributed by atoms with Crippen LogP contribution < -0.4 is 10.1 Å². The van der Waals surface area contributed by atoms with Crippen LogP contribution in [0.25, 0.3) is 16.9 Å². The number of benzene rings is 1. The number of carbonyl (C=O) groups excluding carboxylic acids is 1. The first-order chi connectivity index (χ1) is 17.5. The molecule has 9 nitrogen and oxygen atoms in total. The standard InChI is InChI=1S/C23H17F5N6O3/c1-3-4-29-21(36)18-12(2)7-13(8-16(18)35)37-22-20-31-9-15(34(20)6-5-30-22)14-10-33(11-17(24)25)32-19(14)23(26,27)28/h1,5-10,17,35H,4,11H2,2H3,(H,29,36). The third-order valence-corrected chi connectivity index (χ3v) is 5.11. The van der Waals surface area contributed by atoms with E-state index < -0.39 is 42.1 Å². The lowest BCUT2D eigenvalue weighted by molar-refractivity contribution is -0.141. The van der Waals surface area contributed by atoms with Gasteiger partial charge in [-0.15, -0.1) is 6.42 Å². The second kappa shape index (κ2) is 9.76. The molecule has 0 spiro atoms. The number of fused-ring (bicyclic) bond motifs is 1. The Morgan fingerprint density at radius 1 is 1.30 bits per heavy atom. The number of hydrogen-bond donors (Lipinski definition) is 2. The molecular weight excluding hydrogens is 503 g/mol. The zero-order valence-electron chi connectivity index (χ0n) is 18.9. The van der Waals surface area contributed by atoms with Gasteiger partial charge in [0.05, 0.1) is 29.6 Å². The summed E-state index contributed by atoms with van der Waals surface area (Å²) in [7, 11) is 0. The van der Waals surface area contributed by atoms with Crippen LogP contribution in [0.5, 0.6) is 17.4 Å². The molecule has 4 rings (SSSR count). The number of aromatic nitrogens is 5. The largest absolute Gasteiger partial charge is 0.507 e. The minimum absolute atomic E-state index is 0.000201. The molecule has 0 unspecified atom stereocenters. The van der Waals surface area contributed by atoms with Crippen LogP contribution in [0, 0.1) is 19.3 Å². The van der Waals surface area contributed by atoms with Crippen LogP contribution >= 0.6 is 0 Å². The van der Waals surface area contributed by atoms with Crippen molar-refractivity contribution in [1.29, 1.82) is 0 Å². The molecule has 0 bridgehead atoms. The Hall–Kier alpha value is -4.67. The first-order valence-electron chi connectivity index (χ1n) is 10.5. The van der Waals surface area contributed by atoms with Crippen molar-refractivity contribution in [2.75, 3.05) is 6.54 Å². The SMILES string of the molecule is C#CCNC(=O)c1c(C)cc(Oc2nccn3c(-c4cn(CC(F)F)nc4C(F)(F)F)cnc23)cc1O. The topological polar surface area (TPSA) is 107 Å². The summed E-state index contributed by atoms with van der Waals surface area (Å²) in [5, 5.41) is 16.1. The van der Waals surface area contributed by atoms with E-state index in [1.807, 2.05) is 0 Å². The Labute approximate surface area is 205 Å². The number of ether oxygens (including phenoxy) is 1. The van der Waals surface area contributed by atoms with Gasteiger partial charge in [-0.1, -0.05) is 5.92 Å². The second-order valence-electron chi connectivity index (χ2n) is 7.69. The van der Waals surface area contributed by atoms with Crippen molar-refractivity contribution in [3.8, 4) is 41.0 Å². The average Bonchev–Trinajstić information content (AvgIpc) is 3.41. The minimum Gasteiger partial charge on any atom is -0.507 e. The molecule has 0 aliphatic carbocycles. The molecule has 2 N–H and O–H groups in total. The molecular formula is C23H17F5N6O3. The van der Waals surface area contributed by atoms with E-state index in [1.165, 1.54) is 22.9 Å². The third kappa shape index (κ3) is 5.15. The molecule has 1 amide bonds. The van der Waals surface area contributed by atoms with E-state index in [9.17, 15) is 31.9 Å². The van der Waals surface area contributed by atoms with Gasteiger partial charge in [0.1, 0.15) is 18.0 Å². The Morgan fingerprint density at radius 3 is 2.70 bits per heavy atom. The minimum atomic E-state index is -4.91. The fraction of sp³-hybridized carbons (Fsp3) is 0.217. The van der Waals surface area contributed by atoms with Gasteiger partial charge in [-0.25, -0.2) is 18.7 Å². The van der Waals surface area contributed by atoms with E-state index in [1.54, 1.807) is 6.92 Å². The predicted octanol–water partition coefficient (Wildman–Crippen LogP) is 4.05. The van der Waals surface area contributed by atoms with Gasteiger partial charge in [0.2, 0.25) is 5.65 Å². The van der Waals surface area contributed by atoms with Crippen LogP contribution in [0.1, 0.15) is 21.6 Å². The van der Waals surface area contributed by atoms with Gasteiger partial charge in [-0.05, 0) is 18.6 Å². The molecule has 14 heteroatoms. The molecule has 192 valence electrons. The molecule has 3 heterocycles. The first kappa shape index (κ1) is 25.4. The summed E-state index contributed by atoms with van der Waals surface area (Å²) in [6.07, 6.45) is 1.82. The number of rotatable bonds is 7. The van der Waals surface area contributed by atoms with Crippen molar-refractivity contribution in [2.24, 2.45) is 0 Å². The fourth-order valence-electron chi connectivity index (χ4n) is 3.64. The lowest BCUT2D eigenvalue weighted by Gasteiger charge is -2.12. The Balaban J connectivity index is 1.72. The van der Waals surface area contributed by atoms with Gasteiger partial charge in [-0.2, -0.15) is 18.3 Å². The summed E-state index contributed by atoms with van der Waals surface area (Å²) >= 11 is 0. The highest BCUT2D eigenvalue weighted by atomic mass is 19.4. The van der Waals surface area contributed by atoms with Crippen molar-refractivity contribution in [1.82, 2.24) is 29.5 Å². The van der Waals surface area contributed by atoms with E-state index >= 15 is 0 Å². The molecule has 0 saturated heterocycles. The number of nitrogens with zero attached hydrogens (tertiary/aromatic N) is 5. The van der Waals surface area contributed by atoms with E-state index in [0.29, 0.717) is 10.2 Å².